The molecule has 0 saturated carbocycles. The summed E-state index contributed by atoms with van der Waals surface area (Å²) in [6.07, 6.45) is 1.54. The number of nitrogens with zero attached hydrogens (tertiary/aromatic N) is 3. The van der Waals surface area contributed by atoms with Crippen LogP contribution < -0.4 is 5.56 Å². The zero-order valence-electron chi connectivity index (χ0n) is 13.1. The molecule has 3 rings (SSSR count). The van der Waals surface area contributed by atoms with Crippen LogP contribution in [0.25, 0.3) is 10.2 Å². The Hall–Kier alpha value is -1.73. The molecule has 0 aromatic carbocycles. The molecule has 2 unspecified atom stereocenters. The minimum absolute atomic E-state index is 0.0216. The second-order valence-electron chi connectivity index (χ2n) is 5.86. The number of fused-ring (bicyclic) bond motifs is 1. The van der Waals surface area contributed by atoms with Crippen molar-refractivity contribution in [3.8, 4) is 0 Å². The van der Waals surface area contributed by atoms with Gasteiger partial charge in [-0.1, -0.05) is 0 Å². The zero-order chi connectivity index (χ0) is 16.0. The molecule has 1 saturated heterocycles. The lowest BCUT2D eigenvalue weighted by Crippen LogP contribution is -2.48. The van der Waals surface area contributed by atoms with Gasteiger partial charge in [0.25, 0.3) is 11.5 Å². The lowest BCUT2D eigenvalue weighted by Gasteiger charge is -2.35. The summed E-state index contributed by atoms with van der Waals surface area (Å²) >= 11 is 1.29. The fourth-order valence-electron chi connectivity index (χ4n) is 2.90. The highest BCUT2D eigenvalue weighted by atomic mass is 32.1. The zero-order valence-corrected chi connectivity index (χ0v) is 13.9. The van der Waals surface area contributed by atoms with E-state index in [0.717, 1.165) is 5.56 Å². The van der Waals surface area contributed by atoms with Gasteiger partial charge in [-0.2, -0.15) is 0 Å². The van der Waals surface area contributed by atoms with Crippen molar-refractivity contribution >= 4 is 27.5 Å². The molecule has 0 radical (unpaired) electrons. The van der Waals surface area contributed by atoms with Gasteiger partial charge in [0.05, 0.1) is 28.8 Å². The summed E-state index contributed by atoms with van der Waals surface area (Å²) < 4.78 is 7.11. The predicted octanol–water partition coefficient (Wildman–Crippen LogP) is 1.55. The van der Waals surface area contributed by atoms with Crippen LogP contribution in [0.4, 0.5) is 0 Å². The third-order valence-corrected chi connectivity index (χ3v) is 5.10. The molecule has 2 aromatic rings. The van der Waals surface area contributed by atoms with Gasteiger partial charge >= 0.3 is 0 Å². The minimum atomic E-state index is -0.110. The molecule has 1 fully saturated rings. The summed E-state index contributed by atoms with van der Waals surface area (Å²) in [7, 11) is 1.67. The van der Waals surface area contributed by atoms with Gasteiger partial charge in [-0.05, 0) is 26.3 Å². The van der Waals surface area contributed by atoms with Gasteiger partial charge in [0.2, 0.25) is 0 Å². The molecule has 22 heavy (non-hydrogen) atoms. The molecule has 2 aromatic heterocycles. The minimum Gasteiger partial charge on any atom is -0.372 e. The first-order valence-corrected chi connectivity index (χ1v) is 8.09. The van der Waals surface area contributed by atoms with Gasteiger partial charge < -0.3 is 14.2 Å². The number of morpholine rings is 1. The first-order chi connectivity index (χ1) is 10.4. The van der Waals surface area contributed by atoms with Crippen molar-refractivity contribution in [1.82, 2.24) is 14.5 Å². The summed E-state index contributed by atoms with van der Waals surface area (Å²) in [5.41, 5.74) is 0.618. The Morgan fingerprint density at radius 3 is 2.64 bits per heavy atom. The molecular formula is C15H19N3O3S. The average Bonchev–Trinajstić information content (AvgIpc) is 2.79. The molecule has 0 bridgehead atoms. The third kappa shape index (κ3) is 2.44. The van der Waals surface area contributed by atoms with E-state index in [0.29, 0.717) is 28.2 Å². The van der Waals surface area contributed by atoms with Gasteiger partial charge in [-0.25, -0.2) is 4.98 Å². The highest BCUT2D eigenvalue weighted by Gasteiger charge is 2.29. The molecule has 118 valence electrons. The Morgan fingerprint density at radius 2 is 2.00 bits per heavy atom. The van der Waals surface area contributed by atoms with Gasteiger partial charge in [0.1, 0.15) is 4.83 Å². The van der Waals surface area contributed by atoms with Gasteiger partial charge in [-0.15, -0.1) is 11.3 Å². The number of carbonyl (C=O) groups is 1. The summed E-state index contributed by atoms with van der Waals surface area (Å²) in [6.45, 7) is 6.89. The molecular weight excluding hydrogens is 302 g/mol. The predicted molar refractivity (Wildman–Crippen MR) is 85.5 cm³/mol. The lowest BCUT2D eigenvalue weighted by atomic mass is 10.1. The summed E-state index contributed by atoms with van der Waals surface area (Å²) in [5.74, 6) is -0.0375. The van der Waals surface area contributed by atoms with Crippen molar-refractivity contribution in [3.63, 3.8) is 0 Å². The first-order valence-electron chi connectivity index (χ1n) is 7.28. The Labute approximate surface area is 132 Å². The van der Waals surface area contributed by atoms with E-state index in [1.54, 1.807) is 11.9 Å². The van der Waals surface area contributed by atoms with Crippen LogP contribution in [0.3, 0.4) is 0 Å². The number of hydrogen-bond acceptors (Lipinski definition) is 5. The van der Waals surface area contributed by atoms with E-state index in [9.17, 15) is 9.59 Å². The van der Waals surface area contributed by atoms with Crippen LogP contribution in [0.1, 0.15) is 29.1 Å². The maximum absolute atomic E-state index is 12.8. The second kappa shape index (κ2) is 5.48. The molecule has 7 heteroatoms. The largest absolute Gasteiger partial charge is 0.372 e. The summed E-state index contributed by atoms with van der Waals surface area (Å²) in [6, 6.07) is 0. The van der Waals surface area contributed by atoms with Gasteiger partial charge in [0, 0.05) is 20.1 Å². The Balaban J connectivity index is 2.03. The fourth-order valence-corrected chi connectivity index (χ4v) is 4.01. The van der Waals surface area contributed by atoms with Crippen LogP contribution in [0.15, 0.2) is 11.1 Å². The molecule has 3 heterocycles. The van der Waals surface area contributed by atoms with Crippen LogP contribution in [0.2, 0.25) is 0 Å². The van der Waals surface area contributed by atoms with Crippen molar-refractivity contribution < 1.29 is 9.53 Å². The van der Waals surface area contributed by atoms with E-state index in [1.807, 2.05) is 20.8 Å². The first kappa shape index (κ1) is 15.2. The molecule has 0 spiro atoms. The maximum Gasteiger partial charge on any atom is 0.264 e. The Morgan fingerprint density at radius 1 is 1.36 bits per heavy atom. The number of hydrogen-bond donors (Lipinski definition) is 0. The monoisotopic (exact) mass is 321 g/mol. The van der Waals surface area contributed by atoms with E-state index in [1.165, 1.54) is 22.2 Å². The van der Waals surface area contributed by atoms with Crippen molar-refractivity contribution in [3.05, 3.63) is 27.1 Å². The average molecular weight is 321 g/mol. The number of aromatic nitrogens is 2. The topological polar surface area (TPSA) is 64.4 Å². The highest BCUT2D eigenvalue weighted by molar-refractivity contribution is 7.20. The van der Waals surface area contributed by atoms with Gasteiger partial charge in [0.15, 0.2) is 0 Å². The molecule has 1 amide bonds. The summed E-state index contributed by atoms with van der Waals surface area (Å²) in [4.78, 5) is 32.4. The molecule has 6 nitrogen and oxygen atoms in total. The standard InChI is InChI=1S/C15H19N3O3S/c1-8-5-18(6-9(2)21-8)15(20)12-10(3)11-13(22-12)16-7-17(4)14(11)19/h7-9H,5-6H2,1-4H3. The maximum atomic E-state index is 12.8. The van der Waals surface area contributed by atoms with E-state index in [2.05, 4.69) is 4.98 Å². The second-order valence-corrected chi connectivity index (χ2v) is 6.86. The fraction of sp³-hybridized carbons (Fsp3) is 0.533. The lowest BCUT2D eigenvalue weighted by molar-refractivity contribution is -0.0585. The number of rotatable bonds is 1. The SMILES string of the molecule is Cc1c(C(=O)N2CC(C)OC(C)C2)sc2ncn(C)c(=O)c12. The Kier molecular flexibility index (Phi) is 3.78. The number of ether oxygens (including phenoxy) is 1. The van der Waals surface area contributed by atoms with E-state index >= 15 is 0 Å². The number of thiophene rings is 1. The van der Waals surface area contributed by atoms with E-state index in [4.69, 9.17) is 4.74 Å². The van der Waals surface area contributed by atoms with E-state index < -0.39 is 0 Å². The quantitative estimate of drug-likeness (QED) is 0.799. The molecule has 0 aliphatic carbocycles. The Bertz CT molecular complexity index is 785. The van der Waals surface area contributed by atoms with Crippen molar-refractivity contribution in [2.45, 2.75) is 33.0 Å². The van der Waals surface area contributed by atoms with Crippen molar-refractivity contribution in [2.24, 2.45) is 7.05 Å². The molecule has 1 aliphatic rings. The van der Waals surface area contributed by atoms with Crippen LogP contribution >= 0.6 is 11.3 Å². The van der Waals surface area contributed by atoms with Crippen LogP contribution in [-0.4, -0.2) is 45.7 Å². The summed E-state index contributed by atoms with van der Waals surface area (Å²) in [5, 5.41) is 0.549. The normalized spacial score (nSPS) is 22.3. The molecule has 0 N–H and O–H groups in total. The highest BCUT2D eigenvalue weighted by Crippen LogP contribution is 2.28. The molecule has 2 atom stereocenters. The van der Waals surface area contributed by atoms with Crippen molar-refractivity contribution in [1.29, 1.82) is 0 Å². The van der Waals surface area contributed by atoms with Gasteiger partial charge in [-0.3, -0.25) is 9.59 Å². The van der Waals surface area contributed by atoms with Crippen LogP contribution in [0, 0.1) is 6.92 Å². The van der Waals surface area contributed by atoms with Crippen LogP contribution in [0.5, 0.6) is 0 Å². The number of aryl methyl sites for hydroxylation is 2. The van der Waals surface area contributed by atoms with Crippen molar-refractivity contribution in [2.75, 3.05) is 13.1 Å². The van der Waals surface area contributed by atoms with E-state index in [-0.39, 0.29) is 23.7 Å². The number of carbonyl (C=O) groups excluding carboxylic acids is 1. The third-order valence-electron chi connectivity index (χ3n) is 3.91. The number of amides is 1. The molecule has 1 aliphatic heterocycles. The van der Waals surface area contributed by atoms with Crippen LogP contribution in [-0.2, 0) is 11.8 Å². The smallest absolute Gasteiger partial charge is 0.264 e.